The molecule has 1 saturated heterocycles. The number of aliphatic hydroxyl groups is 1. The first-order valence-corrected chi connectivity index (χ1v) is 11.1. The van der Waals surface area contributed by atoms with Gasteiger partial charge in [-0.3, -0.25) is 0 Å². The molecule has 5 atom stereocenters. The van der Waals surface area contributed by atoms with E-state index in [0.29, 0.717) is 18.9 Å². The maximum Gasteiger partial charge on any atom is 0.115 e. The maximum absolute atomic E-state index is 11.1. The number of unbranched alkanes of at least 4 members (excludes halogenated alkanes) is 4. The zero-order chi connectivity index (χ0) is 20.4. The van der Waals surface area contributed by atoms with E-state index in [1.807, 2.05) is 18.2 Å². The monoisotopic (exact) mass is 392 g/mol. The van der Waals surface area contributed by atoms with E-state index in [-0.39, 0.29) is 24.4 Å². The summed E-state index contributed by atoms with van der Waals surface area (Å²) in [6, 6.07) is 10.2. The van der Waals surface area contributed by atoms with Crippen LogP contribution in [0.3, 0.4) is 0 Å². The van der Waals surface area contributed by atoms with Crippen molar-refractivity contribution < 1.29 is 19.3 Å². The second-order valence-corrected chi connectivity index (χ2v) is 8.47. The van der Waals surface area contributed by atoms with Crippen molar-refractivity contribution in [2.45, 2.75) is 96.2 Å². The van der Waals surface area contributed by atoms with E-state index in [4.69, 9.17) is 14.2 Å². The highest BCUT2D eigenvalue weighted by Crippen LogP contribution is 2.31. The van der Waals surface area contributed by atoms with Crippen molar-refractivity contribution in [1.82, 2.24) is 0 Å². The lowest BCUT2D eigenvalue weighted by molar-refractivity contribution is -0.244. The lowest BCUT2D eigenvalue weighted by Gasteiger charge is -2.45. The van der Waals surface area contributed by atoms with Gasteiger partial charge in [-0.15, -0.1) is 0 Å². The summed E-state index contributed by atoms with van der Waals surface area (Å²) >= 11 is 0. The Labute approximate surface area is 171 Å². The predicted molar refractivity (Wildman–Crippen MR) is 114 cm³/mol. The molecular formula is C24H40O4. The molecule has 0 saturated carbocycles. The van der Waals surface area contributed by atoms with Crippen LogP contribution in [-0.4, -0.2) is 49.3 Å². The molecule has 2 rings (SSSR count). The molecule has 1 aliphatic heterocycles. The molecule has 1 aromatic carbocycles. The average Bonchev–Trinajstić information content (AvgIpc) is 2.68. The van der Waals surface area contributed by atoms with Gasteiger partial charge in [0.25, 0.3) is 0 Å². The van der Waals surface area contributed by atoms with Crippen molar-refractivity contribution >= 4 is 0 Å². The lowest BCUT2D eigenvalue weighted by Crippen LogP contribution is -2.59. The van der Waals surface area contributed by atoms with Gasteiger partial charge in [0.05, 0.1) is 12.2 Å². The average molecular weight is 393 g/mol. The van der Waals surface area contributed by atoms with Crippen LogP contribution in [0.1, 0.15) is 64.9 Å². The molecule has 1 N–H and O–H groups in total. The summed E-state index contributed by atoms with van der Waals surface area (Å²) in [4.78, 5) is 0. The quantitative estimate of drug-likeness (QED) is 0.520. The van der Waals surface area contributed by atoms with Crippen molar-refractivity contribution in [2.24, 2.45) is 5.92 Å². The highest BCUT2D eigenvalue weighted by molar-refractivity contribution is 5.16. The van der Waals surface area contributed by atoms with Crippen molar-refractivity contribution in [3.05, 3.63) is 35.9 Å². The molecule has 1 fully saturated rings. The number of rotatable bonds is 12. The lowest BCUT2D eigenvalue weighted by atomic mass is 9.88. The maximum atomic E-state index is 11.1. The van der Waals surface area contributed by atoms with Crippen LogP contribution in [0.15, 0.2) is 30.3 Å². The molecule has 1 heterocycles. The molecule has 1 aliphatic rings. The minimum absolute atomic E-state index is 0.0628. The fraction of sp³-hybridized carbons (Fsp3) is 0.750. The van der Waals surface area contributed by atoms with Crippen LogP contribution in [0.4, 0.5) is 0 Å². The van der Waals surface area contributed by atoms with Gasteiger partial charge in [0.2, 0.25) is 0 Å². The van der Waals surface area contributed by atoms with Gasteiger partial charge in [0.1, 0.15) is 18.3 Å². The summed E-state index contributed by atoms with van der Waals surface area (Å²) in [6.07, 6.45) is 5.93. The number of ether oxygens (including phenoxy) is 3. The van der Waals surface area contributed by atoms with Crippen molar-refractivity contribution in [3.8, 4) is 0 Å². The molecule has 0 amide bonds. The van der Waals surface area contributed by atoms with Gasteiger partial charge < -0.3 is 19.3 Å². The second kappa shape index (κ2) is 12.6. The molecule has 0 aliphatic carbocycles. The topological polar surface area (TPSA) is 47.9 Å². The molecule has 0 bridgehead atoms. The summed E-state index contributed by atoms with van der Waals surface area (Å²) in [6.45, 7) is 7.27. The summed E-state index contributed by atoms with van der Waals surface area (Å²) in [5, 5.41) is 11.1. The first-order chi connectivity index (χ1) is 13.6. The van der Waals surface area contributed by atoms with Crippen molar-refractivity contribution in [1.29, 1.82) is 0 Å². The third kappa shape index (κ3) is 7.14. The van der Waals surface area contributed by atoms with Gasteiger partial charge in [-0.25, -0.2) is 0 Å². The fourth-order valence-corrected chi connectivity index (χ4v) is 4.07. The molecule has 0 unspecified atom stereocenters. The highest BCUT2D eigenvalue weighted by Gasteiger charge is 2.46. The van der Waals surface area contributed by atoms with E-state index in [9.17, 15) is 5.11 Å². The van der Waals surface area contributed by atoms with Gasteiger partial charge in [-0.2, -0.15) is 0 Å². The molecule has 4 nitrogen and oxygen atoms in total. The van der Waals surface area contributed by atoms with Gasteiger partial charge in [0, 0.05) is 20.1 Å². The van der Waals surface area contributed by atoms with Crippen LogP contribution in [0, 0.1) is 5.92 Å². The van der Waals surface area contributed by atoms with Crippen LogP contribution in [-0.2, 0) is 20.6 Å². The fourth-order valence-electron chi connectivity index (χ4n) is 4.07. The number of aliphatic hydroxyl groups excluding tert-OH is 1. The number of hydrogen-bond acceptors (Lipinski definition) is 4. The Hall–Kier alpha value is -0.940. The van der Waals surface area contributed by atoms with Crippen LogP contribution in [0.5, 0.6) is 0 Å². The first-order valence-electron chi connectivity index (χ1n) is 11.1. The highest BCUT2D eigenvalue weighted by atomic mass is 16.6. The molecular weight excluding hydrogens is 352 g/mol. The van der Waals surface area contributed by atoms with E-state index in [1.54, 1.807) is 7.11 Å². The Kier molecular flexibility index (Phi) is 10.5. The second-order valence-electron chi connectivity index (χ2n) is 8.47. The number of hydrogen-bond donors (Lipinski definition) is 1. The van der Waals surface area contributed by atoms with Gasteiger partial charge in [0.15, 0.2) is 0 Å². The van der Waals surface area contributed by atoms with Gasteiger partial charge >= 0.3 is 0 Å². The van der Waals surface area contributed by atoms with Crippen LogP contribution in [0.25, 0.3) is 0 Å². The first kappa shape index (κ1) is 23.3. The van der Waals surface area contributed by atoms with Gasteiger partial charge in [-0.1, -0.05) is 76.8 Å². The number of methoxy groups -OCH3 is 1. The molecule has 28 heavy (non-hydrogen) atoms. The Bertz CT molecular complexity index is 519. The van der Waals surface area contributed by atoms with E-state index < -0.39 is 6.10 Å². The molecule has 1 aromatic rings. The third-order valence-corrected chi connectivity index (χ3v) is 5.57. The van der Waals surface area contributed by atoms with Crippen LogP contribution >= 0.6 is 0 Å². The minimum atomic E-state index is -0.691. The molecule has 0 spiro atoms. The minimum Gasteiger partial charge on any atom is -0.388 e. The van der Waals surface area contributed by atoms with E-state index >= 15 is 0 Å². The Morgan fingerprint density at radius 1 is 1.00 bits per heavy atom. The van der Waals surface area contributed by atoms with E-state index in [0.717, 1.165) is 12.8 Å². The molecule has 0 aromatic heterocycles. The summed E-state index contributed by atoms with van der Waals surface area (Å²) in [5.74, 6) is 0.491. The Morgan fingerprint density at radius 3 is 2.36 bits per heavy atom. The SMILES string of the molecule is CCCCCCCO[C@@H]1[C@@H](O)[C@@H](Cc2ccccc2)O[C@H](CC(C)C)[C@H]1OC. The molecule has 4 heteroatoms. The zero-order valence-electron chi connectivity index (χ0n) is 18.2. The smallest absolute Gasteiger partial charge is 0.115 e. The van der Waals surface area contributed by atoms with E-state index in [1.165, 1.54) is 31.2 Å². The summed E-state index contributed by atoms with van der Waals surface area (Å²) in [7, 11) is 1.70. The number of benzene rings is 1. The summed E-state index contributed by atoms with van der Waals surface area (Å²) in [5.41, 5.74) is 1.17. The molecule has 160 valence electrons. The normalized spacial score (nSPS) is 28.0. The van der Waals surface area contributed by atoms with Crippen LogP contribution < -0.4 is 0 Å². The zero-order valence-corrected chi connectivity index (χ0v) is 18.2. The molecule has 0 radical (unpaired) electrons. The van der Waals surface area contributed by atoms with Crippen LogP contribution in [0.2, 0.25) is 0 Å². The predicted octanol–water partition coefficient (Wildman–Crippen LogP) is 4.77. The Balaban J connectivity index is 2.03. The standard InChI is InChI=1S/C24H40O4/c1-5-6-7-8-12-15-27-24-22(25)20(17-19-13-10-9-11-14-19)28-21(16-18(2)3)23(24)26-4/h9-11,13-14,18,20-25H,5-8,12,15-17H2,1-4H3/t20-,21-,22+,23-,24-/m1/s1. The van der Waals surface area contributed by atoms with Crippen molar-refractivity contribution in [3.63, 3.8) is 0 Å². The van der Waals surface area contributed by atoms with E-state index in [2.05, 4.69) is 32.9 Å². The van der Waals surface area contributed by atoms with Crippen molar-refractivity contribution in [2.75, 3.05) is 13.7 Å². The van der Waals surface area contributed by atoms with Gasteiger partial charge in [-0.05, 0) is 24.3 Å². The Morgan fingerprint density at radius 2 is 1.71 bits per heavy atom. The largest absolute Gasteiger partial charge is 0.388 e. The third-order valence-electron chi connectivity index (χ3n) is 5.57. The summed E-state index contributed by atoms with van der Waals surface area (Å²) < 4.78 is 18.3.